The van der Waals surface area contributed by atoms with Gasteiger partial charge in [-0.2, -0.15) is 0 Å². The van der Waals surface area contributed by atoms with Crippen LogP contribution < -0.4 is 0 Å². The van der Waals surface area contributed by atoms with Crippen LogP contribution in [0.3, 0.4) is 0 Å². The molecule has 0 spiro atoms. The fourth-order valence-electron chi connectivity index (χ4n) is 5.60. The zero-order chi connectivity index (χ0) is 37.0. The van der Waals surface area contributed by atoms with Crippen LogP contribution in [0.4, 0.5) is 0 Å². The van der Waals surface area contributed by atoms with Crippen LogP contribution in [-0.4, -0.2) is 37.0 Å². The molecule has 0 saturated heterocycles. The summed E-state index contributed by atoms with van der Waals surface area (Å²) in [7, 11) is 0. The van der Waals surface area contributed by atoms with Crippen LogP contribution in [-0.2, 0) is 14.3 Å². The van der Waals surface area contributed by atoms with Crippen LogP contribution in [0, 0.1) is 0 Å². The molecule has 0 heterocycles. The number of hydrogen-bond acceptors (Lipinski definition) is 4. The van der Waals surface area contributed by atoms with E-state index in [0.717, 1.165) is 77.0 Å². The molecule has 0 rings (SSSR count). The Kier molecular flexibility index (Phi) is 41.6. The first-order chi connectivity index (χ1) is 25.2. The molecular weight excluding hydrogens is 629 g/mol. The summed E-state index contributed by atoms with van der Waals surface area (Å²) in [4.78, 5) is 12.2. The number of aliphatic hydroxyl groups excluding tert-OH is 1. The Balaban J connectivity index is 3.58. The van der Waals surface area contributed by atoms with Gasteiger partial charge in [-0.05, 0) is 70.6 Å². The van der Waals surface area contributed by atoms with Crippen LogP contribution in [0.1, 0.15) is 181 Å². The highest BCUT2D eigenvalue weighted by atomic mass is 16.6. The molecule has 0 aliphatic heterocycles. The average molecular weight is 709 g/mol. The van der Waals surface area contributed by atoms with Crippen LogP contribution >= 0.6 is 0 Å². The van der Waals surface area contributed by atoms with Gasteiger partial charge in [-0.1, -0.05) is 189 Å². The van der Waals surface area contributed by atoms with E-state index in [9.17, 15) is 9.90 Å². The SMILES string of the molecule is CC/C=C\C/C=C\C/C=C\C/C=C\C/C=C\C/C=C\C/C=C\CCCCOCC(CO)OC(=O)CCCCCCCCCCCCCCCCC. The van der Waals surface area contributed by atoms with Crippen molar-refractivity contribution >= 4 is 5.97 Å². The fourth-order valence-corrected chi connectivity index (χ4v) is 5.60. The van der Waals surface area contributed by atoms with Gasteiger partial charge >= 0.3 is 5.97 Å². The zero-order valence-electron chi connectivity index (χ0n) is 33.3. The Morgan fingerprint density at radius 2 is 0.882 bits per heavy atom. The summed E-state index contributed by atoms with van der Waals surface area (Å²) in [5, 5.41) is 9.59. The topological polar surface area (TPSA) is 55.8 Å². The summed E-state index contributed by atoms with van der Waals surface area (Å²) in [6, 6.07) is 0. The van der Waals surface area contributed by atoms with Crippen molar-refractivity contribution in [1.82, 2.24) is 0 Å². The third kappa shape index (κ3) is 41.9. The summed E-state index contributed by atoms with van der Waals surface area (Å²) < 4.78 is 11.1. The summed E-state index contributed by atoms with van der Waals surface area (Å²) in [6.45, 7) is 5.13. The molecule has 292 valence electrons. The van der Waals surface area contributed by atoms with E-state index >= 15 is 0 Å². The van der Waals surface area contributed by atoms with Crippen LogP contribution in [0.25, 0.3) is 0 Å². The lowest BCUT2D eigenvalue weighted by atomic mass is 10.0. The Morgan fingerprint density at radius 1 is 0.490 bits per heavy atom. The summed E-state index contributed by atoms with van der Waals surface area (Å²) in [5.74, 6) is -0.218. The molecule has 4 nitrogen and oxygen atoms in total. The van der Waals surface area contributed by atoms with E-state index in [2.05, 4.69) is 98.9 Å². The molecule has 51 heavy (non-hydrogen) atoms. The minimum atomic E-state index is -0.560. The molecule has 0 aliphatic carbocycles. The largest absolute Gasteiger partial charge is 0.457 e. The second-order valence-corrected chi connectivity index (χ2v) is 13.7. The first kappa shape index (κ1) is 48.6. The molecule has 0 aromatic rings. The van der Waals surface area contributed by atoms with Gasteiger partial charge in [0.2, 0.25) is 0 Å². The van der Waals surface area contributed by atoms with Crippen molar-refractivity contribution in [2.45, 2.75) is 187 Å². The summed E-state index contributed by atoms with van der Waals surface area (Å²) >= 11 is 0. The summed E-state index contributed by atoms with van der Waals surface area (Å²) in [6.07, 6.45) is 60.7. The molecule has 1 unspecified atom stereocenters. The van der Waals surface area contributed by atoms with Gasteiger partial charge in [0.15, 0.2) is 0 Å². The van der Waals surface area contributed by atoms with Crippen LogP contribution in [0.15, 0.2) is 85.1 Å². The second-order valence-electron chi connectivity index (χ2n) is 13.7. The maximum absolute atomic E-state index is 12.2. The molecule has 1 N–H and O–H groups in total. The molecule has 0 aromatic heterocycles. The number of carbonyl (C=O) groups excluding carboxylic acids is 1. The molecule has 0 fully saturated rings. The van der Waals surface area contributed by atoms with Crippen LogP contribution in [0.2, 0.25) is 0 Å². The van der Waals surface area contributed by atoms with Crippen molar-refractivity contribution in [3.05, 3.63) is 85.1 Å². The Hall–Kier alpha value is -2.43. The first-order valence-corrected chi connectivity index (χ1v) is 21.2. The minimum Gasteiger partial charge on any atom is -0.457 e. The van der Waals surface area contributed by atoms with E-state index in [1.54, 1.807) is 0 Å². The smallest absolute Gasteiger partial charge is 0.306 e. The Labute approximate surface area is 316 Å². The lowest BCUT2D eigenvalue weighted by molar-refractivity contribution is -0.154. The standard InChI is InChI=1S/C47H80O4/c1-3-5-7-9-11-13-15-17-19-20-21-22-23-24-25-26-27-29-31-33-35-37-39-41-43-50-45-46(44-48)51-47(49)42-40-38-36-34-32-30-28-18-16-14-12-10-8-6-4-2/h5,7,11,13,17,19,21-22,24-25,27,29,33,35,46,48H,3-4,6,8-10,12,14-16,18,20,23,26,28,30-32,34,36-45H2,1-2H3/b7-5-,13-11-,19-17-,22-21-,25-24-,29-27-,35-33-. The van der Waals surface area contributed by atoms with E-state index in [4.69, 9.17) is 9.47 Å². The minimum absolute atomic E-state index is 0.193. The van der Waals surface area contributed by atoms with Gasteiger partial charge in [-0.3, -0.25) is 4.79 Å². The zero-order valence-corrected chi connectivity index (χ0v) is 33.3. The number of carbonyl (C=O) groups is 1. The van der Waals surface area contributed by atoms with Gasteiger partial charge in [-0.15, -0.1) is 0 Å². The van der Waals surface area contributed by atoms with Crippen molar-refractivity contribution in [2.75, 3.05) is 19.8 Å². The molecule has 1 atom stereocenters. The van der Waals surface area contributed by atoms with Crippen molar-refractivity contribution in [1.29, 1.82) is 0 Å². The van der Waals surface area contributed by atoms with Crippen molar-refractivity contribution in [3.63, 3.8) is 0 Å². The predicted octanol–water partition coefficient (Wildman–Crippen LogP) is 14.0. The normalized spacial score (nSPS) is 13.2. The quantitative estimate of drug-likeness (QED) is 0.0394. The van der Waals surface area contributed by atoms with Crippen molar-refractivity contribution in [3.8, 4) is 0 Å². The molecule has 0 radical (unpaired) electrons. The fraction of sp³-hybridized carbons (Fsp3) is 0.681. The number of unbranched alkanes of at least 4 members (excludes halogenated alkanes) is 16. The van der Waals surface area contributed by atoms with Gasteiger partial charge in [0.05, 0.1) is 13.2 Å². The molecule has 0 aromatic carbocycles. The Morgan fingerprint density at radius 3 is 1.29 bits per heavy atom. The van der Waals surface area contributed by atoms with Gasteiger partial charge < -0.3 is 14.6 Å². The monoisotopic (exact) mass is 709 g/mol. The van der Waals surface area contributed by atoms with Crippen LogP contribution in [0.5, 0.6) is 0 Å². The third-order valence-electron chi connectivity index (χ3n) is 8.73. The van der Waals surface area contributed by atoms with E-state index in [0.29, 0.717) is 13.0 Å². The maximum atomic E-state index is 12.2. The van der Waals surface area contributed by atoms with Crippen molar-refractivity contribution < 1.29 is 19.4 Å². The lowest BCUT2D eigenvalue weighted by Gasteiger charge is -2.15. The predicted molar refractivity (Wildman–Crippen MR) is 223 cm³/mol. The van der Waals surface area contributed by atoms with Gasteiger partial charge in [0, 0.05) is 13.0 Å². The number of hydrogen-bond donors (Lipinski definition) is 1. The highest BCUT2D eigenvalue weighted by Crippen LogP contribution is 2.14. The number of esters is 1. The average Bonchev–Trinajstić information content (AvgIpc) is 3.14. The molecule has 0 amide bonds. The molecule has 0 aliphatic rings. The van der Waals surface area contributed by atoms with Gasteiger partial charge in [0.1, 0.15) is 6.10 Å². The van der Waals surface area contributed by atoms with Crippen molar-refractivity contribution in [2.24, 2.45) is 0 Å². The van der Waals surface area contributed by atoms with E-state index < -0.39 is 6.10 Å². The van der Waals surface area contributed by atoms with E-state index in [-0.39, 0.29) is 19.2 Å². The number of aliphatic hydroxyl groups is 1. The van der Waals surface area contributed by atoms with E-state index in [1.807, 2.05) is 0 Å². The number of allylic oxidation sites excluding steroid dienone is 14. The molecule has 0 saturated carbocycles. The van der Waals surface area contributed by atoms with Gasteiger partial charge in [-0.25, -0.2) is 0 Å². The summed E-state index contributed by atoms with van der Waals surface area (Å²) in [5.41, 5.74) is 0. The third-order valence-corrected chi connectivity index (χ3v) is 8.73. The number of rotatable bonds is 38. The molecule has 0 bridgehead atoms. The first-order valence-electron chi connectivity index (χ1n) is 21.2. The number of ether oxygens (including phenoxy) is 2. The second kappa shape index (κ2) is 43.7. The molecular formula is C47H80O4. The highest BCUT2D eigenvalue weighted by Gasteiger charge is 2.13. The maximum Gasteiger partial charge on any atom is 0.306 e. The lowest BCUT2D eigenvalue weighted by Crippen LogP contribution is -2.27. The van der Waals surface area contributed by atoms with E-state index in [1.165, 1.54) is 83.5 Å². The Bertz CT molecular complexity index is 923. The highest BCUT2D eigenvalue weighted by molar-refractivity contribution is 5.69. The molecule has 4 heteroatoms. The van der Waals surface area contributed by atoms with Gasteiger partial charge in [0.25, 0.3) is 0 Å².